The Hall–Kier alpha value is -0.747. The normalized spacial score (nSPS) is 11.0. The summed E-state index contributed by atoms with van der Waals surface area (Å²) in [4.78, 5) is 0. The Morgan fingerprint density at radius 1 is 1.08 bits per heavy atom. The number of rotatable bonds is 0. The van der Waals surface area contributed by atoms with Gasteiger partial charge in [0.2, 0.25) is 0 Å². The molecule has 0 unspecified atom stereocenters. The van der Waals surface area contributed by atoms with Crippen molar-refractivity contribution >= 4 is 27.8 Å². The van der Waals surface area contributed by atoms with Crippen LogP contribution in [0.4, 0.5) is 0 Å². The van der Waals surface area contributed by atoms with Crippen LogP contribution in [-0.2, 0) is 27.3 Å². The summed E-state index contributed by atoms with van der Waals surface area (Å²) in [6, 6.07) is 17.3. The molecule has 0 N–H and O–H groups in total. The van der Waals surface area contributed by atoms with Crippen molar-refractivity contribution in [3.05, 3.63) is 88.5 Å². The summed E-state index contributed by atoms with van der Waals surface area (Å²) in [6.07, 6.45) is 6.47. The fourth-order valence-corrected chi connectivity index (χ4v) is 2.87. The first kappa shape index (κ1) is 19.6. The number of hydrogen-bond acceptors (Lipinski definition) is 0. The summed E-state index contributed by atoms with van der Waals surface area (Å²) in [5.74, 6) is 0. The van der Waals surface area contributed by atoms with Gasteiger partial charge in [0, 0.05) is 0 Å². The van der Waals surface area contributed by atoms with Crippen molar-refractivity contribution in [3.63, 3.8) is 0 Å². The van der Waals surface area contributed by atoms with Crippen LogP contribution < -0.4 is 0 Å². The number of fused-ring (bicyclic) bond motifs is 3. The van der Waals surface area contributed by atoms with Gasteiger partial charge in [0.1, 0.15) is 0 Å². The van der Waals surface area contributed by atoms with Gasteiger partial charge in [-0.2, -0.15) is 34.9 Å². The maximum absolute atomic E-state index is 4.93. The first-order chi connectivity index (χ1) is 11.6. The van der Waals surface area contributed by atoms with Crippen molar-refractivity contribution in [3.8, 4) is 0 Å². The maximum atomic E-state index is 4.93. The van der Waals surface area contributed by atoms with Crippen LogP contribution in [0.1, 0.15) is 27.8 Å². The molecule has 3 heteroatoms. The fraction of sp³-hybridized carbons (Fsp3) is 0.190. The van der Waals surface area contributed by atoms with Gasteiger partial charge in [0.25, 0.3) is 0 Å². The number of aryl methyl sites for hydroxylation is 3. The molecule has 0 radical (unpaired) electrons. The van der Waals surface area contributed by atoms with E-state index >= 15 is 0 Å². The van der Waals surface area contributed by atoms with Gasteiger partial charge in [-0.05, 0) is 0 Å². The zero-order valence-corrected chi connectivity index (χ0v) is 18.1. The van der Waals surface area contributed by atoms with Crippen molar-refractivity contribution in [2.24, 2.45) is 0 Å². The summed E-state index contributed by atoms with van der Waals surface area (Å²) < 4.78 is 0. The molecule has 4 rings (SSSR count). The number of benzene rings is 2. The van der Waals surface area contributed by atoms with Gasteiger partial charge in [-0.3, -0.25) is 0 Å². The van der Waals surface area contributed by atoms with Crippen LogP contribution in [-0.4, -0.2) is 0 Å². The fourth-order valence-electron chi connectivity index (χ4n) is 2.87. The molecule has 0 fully saturated rings. The molecular weight excluding hydrogens is 414 g/mol. The average Bonchev–Trinajstić information content (AvgIpc) is 3.15. The topological polar surface area (TPSA) is 0 Å². The second kappa shape index (κ2) is 9.66. The van der Waals surface area contributed by atoms with Gasteiger partial charge >= 0.3 is 37.9 Å². The van der Waals surface area contributed by atoms with E-state index in [9.17, 15) is 0 Å². The molecule has 0 saturated heterocycles. The SMILES string of the molecule is Cc1cc(C)[c-](C)c1.[C-]1=CCc2ccc3ccccc3c21.[Cl][Zr+2][Cl]. The van der Waals surface area contributed by atoms with Crippen LogP contribution in [0.3, 0.4) is 0 Å². The van der Waals surface area contributed by atoms with Gasteiger partial charge in [0.05, 0.1) is 0 Å². The Kier molecular flexibility index (Phi) is 7.88. The van der Waals surface area contributed by atoms with E-state index < -0.39 is 20.8 Å². The Balaban J connectivity index is 0.000000163. The summed E-state index contributed by atoms with van der Waals surface area (Å²) in [7, 11) is 9.87. The van der Waals surface area contributed by atoms with Gasteiger partial charge in [-0.1, -0.05) is 56.8 Å². The molecule has 0 amide bonds. The molecule has 0 aromatic heterocycles. The molecule has 0 nitrogen and oxygen atoms in total. The van der Waals surface area contributed by atoms with E-state index in [0.717, 1.165) is 6.42 Å². The monoisotopic (exact) mass is 432 g/mol. The molecule has 1 aliphatic carbocycles. The molecule has 0 bridgehead atoms. The van der Waals surface area contributed by atoms with Crippen molar-refractivity contribution in [1.29, 1.82) is 0 Å². The van der Waals surface area contributed by atoms with E-state index in [1.165, 1.54) is 38.6 Å². The summed E-state index contributed by atoms with van der Waals surface area (Å²) in [5.41, 5.74) is 6.88. The summed E-state index contributed by atoms with van der Waals surface area (Å²) in [5, 5.41) is 2.64. The van der Waals surface area contributed by atoms with Gasteiger partial charge < -0.3 is 0 Å². The minimum absolute atomic E-state index is 0.826. The molecule has 3 aromatic rings. The van der Waals surface area contributed by atoms with Crippen LogP contribution in [0.25, 0.3) is 10.8 Å². The van der Waals surface area contributed by atoms with E-state index in [4.69, 9.17) is 17.0 Å². The van der Waals surface area contributed by atoms with Gasteiger partial charge in [-0.15, -0.1) is 23.1 Å². The second-order valence-corrected chi connectivity index (χ2v) is 9.58. The Bertz CT molecular complexity index is 811. The van der Waals surface area contributed by atoms with Gasteiger partial charge in [-0.25, -0.2) is 11.6 Å². The Morgan fingerprint density at radius 3 is 2.38 bits per heavy atom. The third kappa shape index (κ3) is 5.12. The van der Waals surface area contributed by atoms with E-state index in [2.05, 4.69) is 81.5 Å². The van der Waals surface area contributed by atoms with Crippen LogP contribution >= 0.6 is 17.0 Å². The van der Waals surface area contributed by atoms with E-state index in [-0.39, 0.29) is 0 Å². The van der Waals surface area contributed by atoms with E-state index in [1.807, 2.05) is 0 Å². The second-order valence-electron chi connectivity index (χ2n) is 5.84. The molecule has 0 heterocycles. The van der Waals surface area contributed by atoms with E-state index in [1.54, 1.807) is 0 Å². The van der Waals surface area contributed by atoms with Crippen molar-refractivity contribution in [1.82, 2.24) is 0 Å². The summed E-state index contributed by atoms with van der Waals surface area (Å²) >= 11 is -0.826. The molecule has 0 aliphatic heterocycles. The molecule has 122 valence electrons. The van der Waals surface area contributed by atoms with Crippen LogP contribution in [0, 0.1) is 26.8 Å². The average molecular weight is 435 g/mol. The molecule has 3 aromatic carbocycles. The number of allylic oxidation sites excluding steroid dienone is 1. The molecule has 0 atom stereocenters. The predicted molar refractivity (Wildman–Crippen MR) is 103 cm³/mol. The number of hydrogen-bond donors (Lipinski definition) is 0. The first-order valence-corrected chi connectivity index (χ1v) is 14.2. The Morgan fingerprint density at radius 2 is 1.79 bits per heavy atom. The minimum atomic E-state index is -0.826. The zero-order valence-electron chi connectivity index (χ0n) is 14.2. The molecule has 24 heavy (non-hydrogen) atoms. The zero-order chi connectivity index (χ0) is 17.5. The van der Waals surface area contributed by atoms with Crippen LogP contribution in [0.5, 0.6) is 0 Å². The third-order valence-electron chi connectivity index (χ3n) is 4.09. The molecule has 0 spiro atoms. The molecule has 0 saturated carbocycles. The van der Waals surface area contributed by atoms with Crippen molar-refractivity contribution < 1.29 is 20.8 Å². The van der Waals surface area contributed by atoms with Crippen LogP contribution in [0.2, 0.25) is 0 Å². The van der Waals surface area contributed by atoms with Gasteiger partial charge in [0.15, 0.2) is 0 Å². The van der Waals surface area contributed by atoms with Crippen LogP contribution in [0.15, 0.2) is 54.6 Å². The van der Waals surface area contributed by atoms with Crippen molar-refractivity contribution in [2.75, 3.05) is 0 Å². The Labute approximate surface area is 163 Å². The number of halogens is 2. The third-order valence-corrected chi connectivity index (χ3v) is 4.09. The first-order valence-electron chi connectivity index (χ1n) is 7.82. The van der Waals surface area contributed by atoms with Crippen molar-refractivity contribution in [2.45, 2.75) is 27.2 Å². The summed E-state index contributed by atoms with van der Waals surface area (Å²) in [6.45, 7) is 6.41. The predicted octanol–water partition coefficient (Wildman–Crippen LogP) is 6.81. The molecule has 1 aliphatic rings. The molecular formula is C21H20Cl2Zr. The quantitative estimate of drug-likeness (QED) is 0.341. The van der Waals surface area contributed by atoms with E-state index in [0.29, 0.717) is 0 Å². The standard InChI is InChI=1S/C13H9.C8H11.2ClH.Zr/c1-2-6-12-10(4-1)8-9-11-5-3-7-13(11)12;1-6-4-7(2)8(3)5-6;;;/h1-4,6,8-9H,5H2;4-5H,1-3H3;2*1H;/q2*-1;;;+4/p-2.